The monoisotopic (exact) mass is 580 g/mol. The molecule has 1 fully saturated rings. The number of anilines is 1. The molecule has 2 atom stereocenters. The van der Waals surface area contributed by atoms with Crippen LogP contribution in [-0.4, -0.2) is 61.9 Å². The number of methoxy groups -OCH3 is 2. The van der Waals surface area contributed by atoms with Gasteiger partial charge in [-0.25, -0.2) is 9.59 Å². The van der Waals surface area contributed by atoms with Crippen LogP contribution in [0.4, 0.5) is 5.69 Å². The van der Waals surface area contributed by atoms with Gasteiger partial charge in [-0.2, -0.15) is 0 Å². The number of carbonyl (C=O) groups is 4. The molecule has 10 heteroatoms. The lowest BCUT2D eigenvalue weighted by Crippen LogP contribution is -2.53. The Hall–Kier alpha value is -4.34. The zero-order valence-electron chi connectivity index (χ0n) is 24.7. The van der Waals surface area contributed by atoms with Gasteiger partial charge in [-0.1, -0.05) is 24.8 Å². The number of ether oxygens (including phenoxy) is 4. The Morgan fingerprint density at radius 2 is 1.81 bits per heavy atom. The Morgan fingerprint density at radius 1 is 1.07 bits per heavy atom. The van der Waals surface area contributed by atoms with E-state index in [1.54, 1.807) is 32.4 Å². The van der Waals surface area contributed by atoms with Gasteiger partial charge < -0.3 is 29.6 Å². The summed E-state index contributed by atoms with van der Waals surface area (Å²) in [6, 6.07) is 11.8. The fourth-order valence-corrected chi connectivity index (χ4v) is 4.82. The van der Waals surface area contributed by atoms with Crippen molar-refractivity contribution >= 4 is 29.3 Å². The molecule has 0 aliphatic carbocycles. The maximum absolute atomic E-state index is 13.6. The third-order valence-corrected chi connectivity index (χ3v) is 7.27. The number of nitrogens with zero attached hydrogens (tertiary/aromatic N) is 1. The van der Waals surface area contributed by atoms with Gasteiger partial charge in [-0.15, -0.1) is 0 Å². The molecule has 1 heterocycles. The summed E-state index contributed by atoms with van der Waals surface area (Å²) >= 11 is 0. The lowest BCUT2D eigenvalue weighted by Gasteiger charge is -2.36. The Balaban J connectivity index is 1.79. The highest BCUT2D eigenvalue weighted by Gasteiger charge is 2.42. The molecule has 0 bridgehead atoms. The van der Waals surface area contributed by atoms with E-state index in [9.17, 15) is 19.2 Å². The molecule has 1 aliphatic rings. The molecular weight excluding hydrogens is 540 g/mol. The summed E-state index contributed by atoms with van der Waals surface area (Å²) in [6.45, 7) is 6.32. The summed E-state index contributed by atoms with van der Waals surface area (Å²) in [7, 11) is 3.13. The molecule has 2 aromatic carbocycles. The summed E-state index contributed by atoms with van der Waals surface area (Å²) in [5.74, 6) is -1.63. The van der Waals surface area contributed by atoms with Gasteiger partial charge in [0.2, 0.25) is 5.78 Å². The average molecular weight is 581 g/mol. The number of piperidine rings is 1. The highest BCUT2D eigenvalue weighted by molar-refractivity contribution is 6.38. The molecule has 2 aromatic rings. The van der Waals surface area contributed by atoms with Crippen LogP contribution >= 0.6 is 0 Å². The maximum Gasteiger partial charge on any atom is 0.330 e. The van der Waals surface area contributed by atoms with E-state index < -0.39 is 41.2 Å². The number of amides is 1. The largest absolute Gasteiger partial charge is 0.493 e. The second kappa shape index (κ2) is 14.5. The van der Waals surface area contributed by atoms with Gasteiger partial charge in [0.15, 0.2) is 11.5 Å². The van der Waals surface area contributed by atoms with E-state index in [2.05, 4.69) is 6.58 Å². The predicted octanol–water partition coefficient (Wildman–Crippen LogP) is 4.21. The van der Waals surface area contributed by atoms with Crippen molar-refractivity contribution in [2.75, 3.05) is 33.1 Å². The van der Waals surface area contributed by atoms with Crippen LogP contribution in [0.1, 0.15) is 56.8 Å². The third-order valence-electron chi connectivity index (χ3n) is 7.27. The van der Waals surface area contributed by atoms with E-state index in [-0.39, 0.29) is 13.2 Å². The van der Waals surface area contributed by atoms with E-state index >= 15 is 0 Å². The number of hydrogen-bond donors (Lipinski definition) is 1. The van der Waals surface area contributed by atoms with Crippen LogP contribution in [0.25, 0.3) is 0 Å². The van der Waals surface area contributed by atoms with Crippen molar-refractivity contribution in [3.05, 3.63) is 66.2 Å². The van der Waals surface area contributed by atoms with Crippen LogP contribution in [0, 0.1) is 5.41 Å². The summed E-state index contributed by atoms with van der Waals surface area (Å²) in [6.07, 6.45) is 3.03. The van der Waals surface area contributed by atoms with Gasteiger partial charge in [0, 0.05) is 18.3 Å². The Morgan fingerprint density at radius 3 is 2.48 bits per heavy atom. The van der Waals surface area contributed by atoms with Gasteiger partial charge in [-0.3, -0.25) is 9.59 Å². The summed E-state index contributed by atoms with van der Waals surface area (Å²) < 4.78 is 21.8. The number of Topliss-reactive ketones (excluding diaryl/α,β-unsaturated/α-hetero) is 1. The van der Waals surface area contributed by atoms with Crippen LogP contribution in [0.3, 0.4) is 0 Å². The molecule has 0 saturated carbocycles. The first-order valence-electron chi connectivity index (χ1n) is 13.9. The zero-order valence-corrected chi connectivity index (χ0v) is 24.7. The minimum Gasteiger partial charge on any atom is -0.493 e. The fourth-order valence-electron chi connectivity index (χ4n) is 4.82. The van der Waals surface area contributed by atoms with Gasteiger partial charge in [0.1, 0.15) is 18.8 Å². The highest BCUT2D eigenvalue weighted by atomic mass is 16.5. The average Bonchev–Trinajstić information content (AvgIpc) is 3.00. The number of rotatable bonds is 13. The number of nitrogens with two attached hydrogens (primary N) is 1. The van der Waals surface area contributed by atoms with E-state index in [0.29, 0.717) is 49.3 Å². The molecule has 1 unspecified atom stereocenters. The normalized spacial score (nSPS) is 15.7. The number of benzene rings is 2. The fraction of sp³-hybridized carbons (Fsp3) is 0.438. The molecule has 0 aromatic heterocycles. The number of nitrogen functional groups attached to an aromatic ring is 1. The second-order valence-corrected chi connectivity index (χ2v) is 10.9. The quantitative estimate of drug-likeness (QED) is 0.160. The standard InChI is InChI=1S/C32H40N2O8/c1-6-28(35)41-20-32(2,3)29(36)30(37)34-17-8-7-12-24(34)31(38)42-25(22-10-9-11-23(33)19-22)15-13-21-14-16-26(39-4)27(18-21)40-5/h6,9-11,14,16,18-19,24-25H,1,7-8,12-13,15,17,20,33H2,2-5H3/t24?,25-/m1/s1. The number of esters is 2. The van der Waals surface area contributed by atoms with E-state index in [0.717, 1.165) is 17.2 Å². The Kier molecular flexibility index (Phi) is 11.1. The highest BCUT2D eigenvalue weighted by Crippen LogP contribution is 2.32. The van der Waals surface area contributed by atoms with E-state index in [1.165, 1.54) is 18.7 Å². The first-order chi connectivity index (χ1) is 20.0. The number of hydrogen-bond acceptors (Lipinski definition) is 9. The SMILES string of the molecule is C=CC(=O)OCC(C)(C)C(=O)C(=O)N1CCCCC1C(=O)O[C@H](CCc1ccc(OC)c(OC)c1)c1cccc(N)c1. The summed E-state index contributed by atoms with van der Waals surface area (Å²) in [5, 5.41) is 0. The summed E-state index contributed by atoms with van der Waals surface area (Å²) in [4.78, 5) is 53.0. The molecule has 42 heavy (non-hydrogen) atoms. The molecular formula is C32H40N2O8. The lowest BCUT2D eigenvalue weighted by molar-refractivity contribution is -0.165. The van der Waals surface area contributed by atoms with Crippen molar-refractivity contribution in [1.29, 1.82) is 0 Å². The zero-order chi connectivity index (χ0) is 30.9. The lowest BCUT2D eigenvalue weighted by atomic mass is 9.87. The first-order valence-corrected chi connectivity index (χ1v) is 13.9. The molecule has 2 N–H and O–H groups in total. The van der Waals surface area contributed by atoms with Gasteiger partial charge in [-0.05, 0) is 81.3 Å². The van der Waals surface area contributed by atoms with Crippen molar-refractivity contribution in [1.82, 2.24) is 4.90 Å². The molecule has 0 spiro atoms. The second-order valence-electron chi connectivity index (χ2n) is 10.9. The van der Waals surface area contributed by atoms with Crippen molar-refractivity contribution < 1.29 is 38.1 Å². The van der Waals surface area contributed by atoms with E-state index in [1.807, 2.05) is 24.3 Å². The molecule has 10 nitrogen and oxygen atoms in total. The van der Waals surface area contributed by atoms with Crippen LogP contribution < -0.4 is 15.2 Å². The van der Waals surface area contributed by atoms with Crippen molar-refractivity contribution in [3.8, 4) is 11.5 Å². The predicted molar refractivity (Wildman–Crippen MR) is 157 cm³/mol. The maximum atomic E-state index is 13.6. The number of carbonyl (C=O) groups excluding carboxylic acids is 4. The Bertz CT molecular complexity index is 1310. The Labute approximate surface area is 246 Å². The van der Waals surface area contributed by atoms with Gasteiger partial charge >= 0.3 is 11.9 Å². The topological polar surface area (TPSA) is 134 Å². The van der Waals surface area contributed by atoms with Crippen LogP contribution in [0.2, 0.25) is 0 Å². The van der Waals surface area contributed by atoms with Gasteiger partial charge in [0.05, 0.1) is 19.6 Å². The number of aryl methyl sites for hydroxylation is 1. The van der Waals surface area contributed by atoms with Crippen LogP contribution in [-0.2, 0) is 35.1 Å². The minimum absolute atomic E-state index is 0.238. The van der Waals surface area contributed by atoms with Crippen LogP contribution in [0.15, 0.2) is 55.1 Å². The van der Waals surface area contributed by atoms with Crippen molar-refractivity contribution in [2.45, 2.75) is 58.1 Å². The number of ketones is 1. The first kappa shape index (κ1) is 32.2. The smallest absolute Gasteiger partial charge is 0.330 e. The third kappa shape index (κ3) is 8.11. The summed E-state index contributed by atoms with van der Waals surface area (Å²) in [5.41, 5.74) is 6.95. The minimum atomic E-state index is -1.29. The molecule has 1 saturated heterocycles. The molecule has 0 radical (unpaired) electrons. The molecule has 1 amide bonds. The van der Waals surface area contributed by atoms with Crippen molar-refractivity contribution in [2.24, 2.45) is 5.41 Å². The molecule has 3 rings (SSSR count). The van der Waals surface area contributed by atoms with Crippen LogP contribution in [0.5, 0.6) is 11.5 Å². The van der Waals surface area contributed by atoms with E-state index in [4.69, 9.17) is 24.7 Å². The molecule has 226 valence electrons. The molecule has 1 aliphatic heterocycles. The number of likely N-dealkylation sites (tertiary alicyclic amines) is 1. The van der Waals surface area contributed by atoms with Crippen molar-refractivity contribution in [3.63, 3.8) is 0 Å². The van der Waals surface area contributed by atoms with Gasteiger partial charge in [0.25, 0.3) is 5.91 Å².